The largest absolute Gasteiger partial charge is 0.271 e. The van der Waals surface area contributed by atoms with E-state index in [2.05, 4.69) is 12.3 Å². The van der Waals surface area contributed by atoms with Gasteiger partial charge in [0.15, 0.2) is 0 Å². The first-order valence-corrected chi connectivity index (χ1v) is 7.33. The standard InChI is InChI=1S/C15H22ClFN2/c1-15(7-3-2-4-8-15)14(19-18)10-11-9-12(16)5-6-13(11)17/h5-6,9,14,19H,2-4,7-8,10,18H2,1H3. The Balaban J connectivity index is 2.16. The maximum absolute atomic E-state index is 13.8. The average molecular weight is 285 g/mol. The second-order valence-electron chi connectivity index (χ2n) is 5.87. The quantitative estimate of drug-likeness (QED) is 0.651. The summed E-state index contributed by atoms with van der Waals surface area (Å²) in [6, 6.07) is 4.79. The summed E-state index contributed by atoms with van der Waals surface area (Å²) in [6.07, 6.45) is 6.62. The van der Waals surface area contributed by atoms with Crippen molar-refractivity contribution in [2.75, 3.05) is 0 Å². The molecule has 0 spiro atoms. The molecule has 0 heterocycles. The van der Waals surface area contributed by atoms with Crippen LogP contribution in [0.25, 0.3) is 0 Å². The van der Waals surface area contributed by atoms with Crippen molar-refractivity contribution in [3.63, 3.8) is 0 Å². The Morgan fingerprint density at radius 3 is 2.68 bits per heavy atom. The third-order valence-electron chi connectivity index (χ3n) is 4.47. The summed E-state index contributed by atoms with van der Waals surface area (Å²) in [7, 11) is 0. The van der Waals surface area contributed by atoms with Gasteiger partial charge in [-0.2, -0.15) is 0 Å². The molecule has 1 aliphatic carbocycles. The Kier molecular flexibility index (Phi) is 4.82. The lowest BCUT2D eigenvalue weighted by molar-refractivity contribution is 0.143. The highest BCUT2D eigenvalue weighted by Gasteiger charge is 2.35. The molecule has 1 fully saturated rings. The number of hydrogen-bond acceptors (Lipinski definition) is 2. The number of nitrogens with two attached hydrogens (primary N) is 1. The predicted octanol–water partition coefficient (Wildman–Crippen LogP) is 3.82. The van der Waals surface area contributed by atoms with Crippen molar-refractivity contribution >= 4 is 11.6 Å². The number of nitrogens with one attached hydrogen (secondary N) is 1. The molecule has 19 heavy (non-hydrogen) atoms. The van der Waals surface area contributed by atoms with E-state index >= 15 is 0 Å². The third kappa shape index (κ3) is 3.47. The molecule has 3 N–H and O–H groups in total. The Bertz CT molecular complexity index is 430. The van der Waals surface area contributed by atoms with Gasteiger partial charge >= 0.3 is 0 Å². The number of hydrazine groups is 1. The molecule has 106 valence electrons. The normalized spacial score (nSPS) is 20.2. The number of halogens is 2. The topological polar surface area (TPSA) is 38.0 Å². The lowest BCUT2D eigenvalue weighted by Gasteiger charge is -2.40. The molecule has 0 saturated heterocycles. The van der Waals surface area contributed by atoms with Gasteiger partial charge in [0, 0.05) is 11.1 Å². The van der Waals surface area contributed by atoms with Crippen LogP contribution in [0.2, 0.25) is 5.02 Å². The van der Waals surface area contributed by atoms with Gasteiger partial charge in [-0.05, 0) is 48.4 Å². The second kappa shape index (κ2) is 6.21. The minimum absolute atomic E-state index is 0.0840. The zero-order valence-corrected chi connectivity index (χ0v) is 12.1. The first-order chi connectivity index (χ1) is 9.05. The van der Waals surface area contributed by atoms with Crippen molar-refractivity contribution in [1.29, 1.82) is 0 Å². The van der Waals surface area contributed by atoms with E-state index in [1.54, 1.807) is 12.1 Å². The molecule has 1 atom stereocenters. The Hall–Kier alpha value is -0.640. The first kappa shape index (κ1) is 14.8. The first-order valence-electron chi connectivity index (χ1n) is 6.95. The highest BCUT2D eigenvalue weighted by atomic mass is 35.5. The van der Waals surface area contributed by atoms with Crippen molar-refractivity contribution in [3.05, 3.63) is 34.6 Å². The van der Waals surface area contributed by atoms with Gasteiger partial charge in [0.1, 0.15) is 5.82 Å². The molecule has 0 bridgehead atoms. The van der Waals surface area contributed by atoms with E-state index in [1.165, 1.54) is 25.3 Å². The van der Waals surface area contributed by atoms with Gasteiger partial charge in [0.25, 0.3) is 0 Å². The van der Waals surface area contributed by atoms with Crippen molar-refractivity contribution in [3.8, 4) is 0 Å². The molecule has 0 radical (unpaired) electrons. The fourth-order valence-corrected chi connectivity index (χ4v) is 3.33. The van der Waals surface area contributed by atoms with E-state index in [9.17, 15) is 4.39 Å². The zero-order valence-electron chi connectivity index (χ0n) is 11.4. The maximum Gasteiger partial charge on any atom is 0.126 e. The summed E-state index contributed by atoms with van der Waals surface area (Å²) in [5, 5.41) is 0.570. The van der Waals surface area contributed by atoms with E-state index in [-0.39, 0.29) is 17.3 Å². The fraction of sp³-hybridized carbons (Fsp3) is 0.600. The molecular formula is C15H22ClFN2. The summed E-state index contributed by atoms with van der Waals surface area (Å²) in [5.41, 5.74) is 3.68. The van der Waals surface area contributed by atoms with Crippen LogP contribution in [0.5, 0.6) is 0 Å². The van der Waals surface area contributed by atoms with Crippen LogP contribution in [0.3, 0.4) is 0 Å². The van der Waals surface area contributed by atoms with Crippen LogP contribution in [0.4, 0.5) is 4.39 Å². The van der Waals surface area contributed by atoms with Crippen molar-refractivity contribution < 1.29 is 4.39 Å². The summed E-state index contributed by atoms with van der Waals surface area (Å²) in [5.74, 6) is 5.51. The highest BCUT2D eigenvalue weighted by Crippen LogP contribution is 2.39. The minimum atomic E-state index is -0.205. The minimum Gasteiger partial charge on any atom is -0.271 e. The molecular weight excluding hydrogens is 263 g/mol. The van der Waals surface area contributed by atoms with Gasteiger partial charge in [-0.25, -0.2) is 4.39 Å². The van der Waals surface area contributed by atoms with E-state index in [0.717, 1.165) is 12.8 Å². The van der Waals surface area contributed by atoms with Crippen LogP contribution in [0, 0.1) is 11.2 Å². The van der Waals surface area contributed by atoms with E-state index in [4.69, 9.17) is 17.4 Å². The number of benzene rings is 1. The number of hydrogen-bond donors (Lipinski definition) is 2. The van der Waals surface area contributed by atoms with Crippen LogP contribution in [0.15, 0.2) is 18.2 Å². The number of rotatable bonds is 4. The highest BCUT2D eigenvalue weighted by molar-refractivity contribution is 6.30. The molecule has 1 aromatic rings. The smallest absolute Gasteiger partial charge is 0.126 e. The second-order valence-corrected chi connectivity index (χ2v) is 6.31. The lowest BCUT2D eigenvalue weighted by Crippen LogP contribution is -2.49. The molecule has 4 heteroatoms. The zero-order chi connectivity index (χ0) is 13.9. The summed E-state index contributed by atoms with van der Waals surface area (Å²) in [4.78, 5) is 0. The van der Waals surface area contributed by atoms with Crippen molar-refractivity contribution in [2.45, 2.75) is 51.5 Å². The lowest BCUT2D eigenvalue weighted by atomic mass is 9.69. The Morgan fingerprint density at radius 1 is 1.37 bits per heavy atom. The molecule has 1 aliphatic rings. The third-order valence-corrected chi connectivity index (χ3v) is 4.71. The Morgan fingerprint density at radius 2 is 2.05 bits per heavy atom. The molecule has 2 rings (SSSR count). The molecule has 1 unspecified atom stereocenters. The van der Waals surface area contributed by atoms with Gasteiger partial charge in [-0.3, -0.25) is 11.3 Å². The van der Waals surface area contributed by atoms with Gasteiger partial charge in [0.05, 0.1) is 0 Å². The van der Waals surface area contributed by atoms with Gasteiger partial charge in [-0.15, -0.1) is 0 Å². The van der Waals surface area contributed by atoms with Crippen molar-refractivity contribution in [2.24, 2.45) is 11.3 Å². The van der Waals surface area contributed by atoms with Crippen LogP contribution in [0.1, 0.15) is 44.6 Å². The van der Waals surface area contributed by atoms with E-state index < -0.39 is 0 Å². The van der Waals surface area contributed by atoms with Crippen LogP contribution in [-0.4, -0.2) is 6.04 Å². The maximum atomic E-state index is 13.8. The Labute approximate surface area is 119 Å². The molecule has 0 aromatic heterocycles. The molecule has 0 aliphatic heterocycles. The summed E-state index contributed by atoms with van der Waals surface area (Å²) < 4.78 is 13.8. The van der Waals surface area contributed by atoms with E-state index in [0.29, 0.717) is 17.0 Å². The van der Waals surface area contributed by atoms with Crippen LogP contribution in [-0.2, 0) is 6.42 Å². The monoisotopic (exact) mass is 284 g/mol. The molecule has 0 amide bonds. The van der Waals surface area contributed by atoms with Crippen LogP contribution >= 0.6 is 11.6 Å². The SMILES string of the molecule is CC1(C(Cc2cc(Cl)ccc2F)NN)CCCCC1. The molecule has 1 aromatic carbocycles. The van der Waals surface area contributed by atoms with Crippen LogP contribution < -0.4 is 11.3 Å². The fourth-order valence-electron chi connectivity index (χ4n) is 3.13. The summed E-state index contributed by atoms with van der Waals surface area (Å²) in [6.45, 7) is 2.25. The average Bonchev–Trinajstić information content (AvgIpc) is 2.40. The van der Waals surface area contributed by atoms with Gasteiger partial charge in [0.2, 0.25) is 0 Å². The van der Waals surface area contributed by atoms with E-state index in [1.807, 2.05) is 0 Å². The van der Waals surface area contributed by atoms with Gasteiger partial charge in [-0.1, -0.05) is 37.8 Å². The summed E-state index contributed by atoms with van der Waals surface area (Å²) >= 11 is 5.95. The van der Waals surface area contributed by atoms with Crippen molar-refractivity contribution in [1.82, 2.24) is 5.43 Å². The molecule has 1 saturated carbocycles. The van der Waals surface area contributed by atoms with Gasteiger partial charge < -0.3 is 0 Å². The molecule has 2 nitrogen and oxygen atoms in total. The predicted molar refractivity (Wildman–Crippen MR) is 77.4 cm³/mol.